The molecule has 0 aliphatic heterocycles. The van der Waals surface area contributed by atoms with E-state index >= 15 is 0 Å². The van der Waals surface area contributed by atoms with Crippen molar-refractivity contribution in [1.29, 1.82) is 0 Å². The predicted molar refractivity (Wildman–Crippen MR) is 18.6 cm³/mol. The van der Waals surface area contributed by atoms with Gasteiger partial charge in [0.1, 0.15) is 0 Å². The second-order valence-electron chi connectivity index (χ2n) is 1.78. The molecule has 1 fully saturated rings. The lowest BCUT2D eigenvalue weighted by Gasteiger charge is -2.27. The molecule has 1 aliphatic carbocycles. The third-order valence-electron chi connectivity index (χ3n) is 1.14. The normalized spacial score (nSPS) is 30.0. The van der Waals surface area contributed by atoms with Gasteiger partial charge in [0.2, 0.25) is 0 Å². The number of halogens is 6. The van der Waals surface area contributed by atoms with Gasteiger partial charge in [0.15, 0.2) is 0 Å². The highest BCUT2D eigenvalue weighted by molar-refractivity contribution is 5.35. The molecule has 1 radical (unpaired) electrons. The van der Waals surface area contributed by atoms with Gasteiger partial charge in [0, 0.05) is 4.39 Å². The third-order valence-corrected chi connectivity index (χ3v) is 1.14. The molecule has 0 unspecified atom stereocenters. The van der Waals surface area contributed by atoms with Crippen molar-refractivity contribution in [1.82, 2.24) is 0 Å². The van der Waals surface area contributed by atoms with Crippen LogP contribution in [0.1, 0.15) is 0 Å². The van der Waals surface area contributed by atoms with E-state index in [1.807, 2.05) is 0 Å². The molecular weight excluding hydrogens is 162 g/mol. The second kappa shape index (κ2) is 1.54. The first-order valence-corrected chi connectivity index (χ1v) is 2.13. The quantitative estimate of drug-likeness (QED) is 0.378. The van der Waals surface area contributed by atoms with Gasteiger partial charge in [-0.2, -0.15) is 13.2 Å². The van der Waals surface area contributed by atoms with Gasteiger partial charge in [-0.1, -0.05) is 0 Å². The maximum absolute atomic E-state index is 11.5. The largest absolute Gasteiger partial charge is 0.506 e. The van der Waals surface area contributed by atoms with Crippen molar-refractivity contribution in [2.24, 2.45) is 0 Å². The van der Waals surface area contributed by atoms with Crippen molar-refractivity contribution >= 4 is 0 Å². The molecule has 0 nitrogen and oxygen atoms in total. The van der Waals surface area contributed by atoms with Crippen LogP contribution in [-0.2, 0) is 0 Å². The second-order valence-corrected chi connectivity index (χ2v) is 1.78. The van der Waals surface area contributed by atoms with E-state index in [4.69, 9.17) is 0 Å². The minimum Gasteiger partial charge on any atom is -0.185 e. The van der Waals surface area contributed by atoms with Crippen LogP contribution in [0.3, 0.4) is 0 Å². The molecule has 10 heavy (non-hydrogen) atoms. The lowest BCUT2D eigenvalue weighted by molar-refractivity contribution is -0.273. The number of alkyl halides is 4. The molecule has 6 heteroatoms. The van der Waals surface area contributed by atoms with E-state index < -0.39 is 24.2 Å². The van der Waals surface area contributed by atoms with Crippen molar-refractivity contribution in [3.05, 3.63) is 12.3 Å². The van der Waals surface area contributed by atoms with Gasteiger partial charge in [-0.25, -0.2) is 0 Å². The van der Waals surface area contributed by atoms with Crippen LogP contribution in [0.5, 0.6) is 0 Å². The number of hydrogen-bond donors (Lipinski definition) is 0. The molecule has 0 atom stereocenters. The molecule has 0 amide bonds. The highest BCUT2D eigenvalue weighted by Gasteiger charge is 2.96. The maximum atomic E-state index is 11.5. The Balaban J connectivity index is 2.82. The minimum atomic E-state index is -4.95. The molecule has 0 aromatic rings. The first-order valence-electron chi connectivity index (χ1n) is 2.13. The van der Waals surface area contributed by atoms with Crippen LogP contribution < -0.4 is 0 Å². The van der Waals surface area contributed by atoms with Gasteiger partial charge >= 0.3 is 24.2 Å². The van der Waals surface area contributed by atoms with Gasteiger partial charge in [-0.15, -0.1) is 8.78 Å². The maximum Gasteiger partial charge on any atom is 0.506 e. The Morgan fingerprint density at radius 1 is 1.10 bits per heavy atom. The summed E-state index contributed by atoms with van der Waals surface area (Å²) in [5, 5.41) is 0. The van der Waals surface area contributed by atoms with Crippen LogP contribution in [0, 0.1) is 12.3 Å². The minimum absolute atomic E-state index is 2.67. The summed E-state index contributed by atoms with van der Waals surface area (Å²) in [4.78, 5) is 0. The Hall–Kier alpha value is -0.550. The molecule has 0 spiro atoms. The molecule has 0 N–H and O–H groups in total. The number of hydrogen-bond acceptors (Lipinski definition) is 0. The van der Waals surface area contributed by atoms with E-state index in [-0.39, 0.29) is 0 Å². The fourth-order valence-electron chi connectivity index (χ4n) is 0.489. The Morgan fingerprint density at radius 3 is 1.60 bits per heavy atom. The number of rotatable bonds is 0. The summed E-state index contributed by atoms with van der Waals surface area (Å²) in [5.74, 6) is -9.89. The lowest BCUT2D eigenvalue weighted by Crippen LogP contribution is -2.60. The molecule has 0 aromatic heterocycles. The predicted octanol–water partition coefficient (Wildman–Crippen LogP) is 2.27. The molecular formula is C4F6+. The van der Waals surface area contributed by atoms with E-state index in [1.54, 1.807) is 0 Å². The zero-order valence-electron chi connectivity index (χ0n) is 4.27. The molecule has 57 valence electrons. The molecule has 0 heterocycles. The SMILES string of the molecule is F[C]1[C+](F)C(F)(F)C1(F)F. The van der Waals surface area contributed by atoms with Gasteiger partial charge in [0.05, 0.1) is 0 Å². The summed E-state index contributed by atoms with van der Waals surface area (Å²) in [5.41, 5.74) is 0. The third kappa shape index (κ3) is 0.518. The topological polar surface area (TPSA) is 0 Å². The van der Waals surface area contributed by atoms with Crippen molar-refractivity contribution < 1.29 is 26.3 Å². The Kier molecular flexibility index (Phi) is 1.16. The van der Waals surface area contributed by atoms with Crippen LogP contribution in [0.15, 0.2) is 0 Å². The van der Waals surface area contributed by atoms with Gasteiger partial charge < -0.3 is 0 Å². The summed E-state index contributed by atoms with van der Waals surface area (Å²) >= 11 is 0. The summed E-state index contributed by atoms with van der Waals surface area (Å²) < 4.78 is 69.1. The van der Waals surface area contributed by atoms with E-state index in [0.29, 0.717) is 0 Å². The summed E-state index contributed by atoms with van der Waals surface area (Å²) in [7, 11) is 0. The molecule has 0 aromatic carbocycles. The summed E-state index contributed by atoms with van der Waals surface area (Å²) in [6, 6.07) is 0. The van der Waals surface area contributed by atoms with Crippen molar-refractivity contribution in [2.45, 2.75) is 11.8 Å². The Morgan fingerprint density at radius 2 is 1.50 bits per heavy atom. The average molecular weight is 162 g/mol. The first-order chi connectivity index (χ1) is 4.32. The Bertz CT molecular complexity index is 134. The monoisotopic (exact) mass is 162 g/mol. The van der Waals surface area contributed by atoms with E-state index in [9.17, 15) is 26.3 Å². The molecule has 0 bridgehead atoms. The summed E-state index contributed by atoms with van der Waals surface area (Å²) in [6.45, 7) is 0. The molecule has 1 aliphatic rings. The van der Waals surface area contributed by atoms with E-state index in [2.05, 4.69) is 0 Å². The Labute approximate surface area is 51.8 Å². The summed E-state index contributed by atoms with van der Waals surface area (Å²) in [6.07, 6.45) is -5.34. The average Bonchev–Trinajstić information content (AvgIpc) is 1.84. The molecule has 1 saturated carbocycles. The van der Waals surface area contributed by atoms with Crippen LogP contribution in [0.2, 0.25) is 0 Å². The van der Waals surface area contributed by atoms with Crippen LogP contribution in [-0.4, -0.2) is 11.8 Å². The standard InChI is InChI=1S/C4F6/c5-1-2(6)4(9,10)3(1,7)8/q+1. The van der Waals surface area contributed by atoms with Gasteiger partial charge in [0.25, 0.3) is 0 Å². The van der Waals surface area contributed by atoms with E-state index in [1.165, 1.54) is 0 Å². The van der Waals surface area contributed by atoms with Crippen LogP contribution >= 0.6 is 0 Å². The fraction of sp³-hybridized carbons (Fsp3) is 0.500. The van der Waals surface area contributed by atoms with Crippen molar-refractivity contribution in [2.75, 3.05) is 0 Å². The smallest absolute Gasteiger partial charge is 0.185 e. The zero-order valence-corrected chi connectivity index (χ0v) is 4.27. The van der Waals surface area contributed by atoms with Crippen LogP contribution in [0.25, 0.3) is 0 Å². The molecule has 1 rings (SSSR count). The van der Waals surface area contributed by atoms with Crippen molar-refractivity contribution in [3.8, 4) is 0 Å². The fourth-order valence-corrected chi connectivity index (χ4v) is 0.489. The van der Waals surface area contributed by atoms with Crippen molar-refractivity contribution in [3.63, 3.8) is 0 Å². The lowest BCUT2D eigenvalue weighted by atomic mass is 9.85. The van der Waals surface area contributed by atoms with E-state index in [0.717, 1.165) is 0 Å². The van der Waals surface area contributed by atoms with Crippen LogP contribution in [0.4, 0.5) is 26.3 Å². The highest BCUT2D eigenvalue weighted by Crippen LogP contribution is 2.63. The van der Waals surface area contributed by atoms with Gasteiger partial charge in [-0.05, 0) is 0 Å². The zero-order chi connectivity index (χ0) is 8.15. The van der Waals surface area contributed by atoms with Gasteiger partial charge in [-0.3, -0.25) is 0 Å². The molecule has 0 saturated heterocycles. The first kappa shape index (κ1) is 7.56. The highest BCUT2D eigenvalue weighted by atomic mass is 19.3.